The van der Waals surface area contributed by atoms with Gasteiger partial charge in [0.1, 0.15) is 29.0 Å². The lowest BCUT2D eigenvalue weighted by atomic mass is 9.90. The van der Waals surface area contributed by atoms with E-state index in [4.69, 9.17) is 0 Å². The van der Waals surface area contributed by atoms with Crippen LogP contribution in [0.1, 0.15) is 35.7 Å². The molecule has 2 heterocycles. The van der Waals surface area contributed by atoms with Crippen molar-refractivity contribution in [3.63, 3.8) is 0 Å². The summed E-state index contributed by atoms with van der Waals surface area (Å²) in [7, 11) is 0. The zero-order valence-electron chi connectivity index (χ0n) is 18.3. The number of hydrogen-bond donors (Lipinski definition) is 3. The maximum absolute atomic E-state index is 15.5. The third-order valence-electron chi connectivity index (χ3n) is 5.59. The average molecular weight is 485 g/mol. The van der Waals surface area contributed by atoms with Crippen molar-refractivity contribution in [2.45, 2.75) is 25.3 Å². The van der Waals surface area contributed by atoms with Crippen LogP contribution in [0.25, 0.3) is 10.9 Å². The van der Waals surface area contributed by atoms with Gasteiger partial charge in [-0.1, -0.05) is 12.1 Å². The molecule has 0 fully saturated rings. The zero-order chi connectivity index (χ0) is 25.3. The summed E-state index contributed by atoms with van der Waals surface area (Å²) in [4.78, 5) is 32.3. The van der Waals surface area contributed by atoms with Gasteiger partial charge in [-0.15, -0.1) is 0 Å². The molecule has 0 aliphatic carbocycles. The minimum absolute atomic E-state index is 0.0357. The van der Waals surface area contributed by atoms with Crippen molar-refractivity contribution < 1.29 is 27.5 Å². The Morgan fingerprint density at radius 3 is 2.46 bits per heavy atom. The quantitative estimate of drug-likeness (QED) is 0.353. The molecule has 0 spiro atoms. The van der Waals surface area contributed by atoms with Gasteiger partial charge in [-0.2, -0.15) is 0 Å². The van der Waals surface area contributed by atoms with Crippen molar-refractivity contribution in [1.29, 1.82) is 0 Å². The van der Waals surface area contributed by atoms with Crippen LogP contribution in [-0.4, -0.2) is 21.0 Å². The Labute approximate surface area is 196 Å². The predicted octanol–water partition coefficient (Wildman–Crippen LogP) is 4.39. The topological polar surface area (TPSA) is 95.1 Å². The Balaban J connectivity index is 1.77. The highest BCUT2D eigenvalue weighted by Gasteiger charge is 2.30. The van der Waals surface area contributed by atoms with Crippen LogP contribution in [0.4, 0.5) is 17.6 Å². The largest absolute Gasteiger partial charge is 0.508 e. The molecular formula is C25H19F4N3O3. The highest BCUT2D eigenvalue weighted by atomic mass is 19.1. The number of hydrogen-bond acceptors (Lipinski definition) is 4. The third kappa shape index (κ3) is 5.01. The highest BCUT2D eigenvalue weighted by Crippen LogP contribution is 2.28. The molecule has 0 unspecified atom stereocenters. The monoisotopic (exact) mass is 485 g/mol. The van der Waals surface area contributed by atoms with Crippen LogP contribution in [0.5, 0.6) is 5.75 Å². The summed E-state index contributed by atoms with van der Waals surface area (Å²) in [5, 5.41) is 11.8. The lowest BCUT2D eigenvalue weighted by molar-refractivity contribution is -0.123. The first-order chi connectivity index (χ1) is 16.6. The molecule has 1 amide bonds. The first kappa shape index (κ1) is 23.9. The summed E-state index contributed by atoms with van der Waals surface area (Å²) in [6, 6.07) is 8.44. The maximum Gasteiger partial charge on any atom is 0.255 e. The number of carbonyl (C=O) groups excluding carboxylic acids is 1. The number of fused-ring (bicyclic) bond motifs is 1. The number of phenols is 1. The van der Waals surface area contributed by atoms with Gasteiger partial charge < -0.3 is 15.4 Å². The van der Waals surface area contributed by atoms with E-state index in [1.807, 2.05) is 0 Å². The maximum atomic E-state index is 15.5. The summed E-state index contributed by atoms with van der Waals surface area (Å²) >= 11 is 0. The number of carbonyl (C=O) groups is 1. The Hall–Kier alpha value is -4.21. The molecular weight excluding hydrogens is 466 g/mol. The standard InChI is InChI=1S/C25H19F4N3O3/c1-12(23-19(28)10-15(27)11-30-23)31-24(34)18(8-13-2-5-16(33)6-3-13)21-22(29)17-9-14(26)4-7-20(17)32-25(21)35/h2-7,9-12,18,33H,8H2,1H3,(H,31,34)(H,32,35)/t12-,18+/m0/s1. The van der Waals surface area contributed by atoms with E-state index in [1.165, 1.54) is 37.3 Å². The van der Waals surface area contributed by atoms with Crippen molar-refractivity contribution in [1.82, 2.24) is 15.3 Å². The van der Waals surface area contributed by atoms with Crippen molar-refractivity contribution in [3.05, 3.63) is 105 Å². The van der Waals surface area contributed by atoms with Crippen LogP contribution < -0.4 is 10.9 Å². The second kappa shape index (κ2) is 9.57. The minimum Gasteiger partial charge on any atom is -0.508 e. The molecule has 35 heavy (non-hydrogen) atoms. The number of aromatic hydroxyl groups is 1. The van der Waals surface area contributed by atoms with Gasteiger partial charge >= 0.3 is 0 Å². The summed E-state index contributed by atoms with van der Waals surface area (Å²) in [5.74, 6) is -5.98. The number of pyridine rings is 2. The summed E-state index contributed by atoms with van der Waals surface area (Å²) in [6.07, 6.45) is 0.621. The van der Waals surface area contributed by atoms with Crippen LogP contribution in [0.15, 0.2) is 59.5 Å². The van der Waals surface area contributed by atoms with E-state index in [0.29, 0.717) is 11.6 Å². The number of nitrogens with one attached hydrogen (secondary N) is 2. The van der Waals surface area contributed by atoms with Gasteiger partial charge in [0.2, 0.25) is 5.91 Å². The molecule has 2 aromatic carbocycles. The Morgan fingerprint density at radius 1 is 1.06 bits per heavy atom. The molecule has 10 heteroatoms. The smallest absolute Gasteiger partial charge is 0.255 e. The number of H-pyrrole nitrogens is 1. The lowest BCUT2D eigenvalue weighted by Crippen LogP contribution is -2.36. The van der Waals surface area contributed by atoms with Crippen molar-refractivity contribution in [2.75, 3.05) is 0 Å². The van der Waals surface area contributed by atoms with Gasteiger partial charge in [-0.05, 0) is 49.2 Å². The van der Waals surface area contributed by atoms with Crippen LogP contribution >= 0.6 is 0 Å². The number of amides is 1. The van der Waals surface area contributed by atoms with E-state index >= 15 is 4.39 Å². The molecule has 2 aromatic heterocycles. The number of benzene rings is 2. The molecule has 2 atom stereocenters. The van der Waals surface area contributed by atoms with E-state index in [-0.39, 0.29) is 28.8 Å². The molecule has 0 saturated carbocycles. The predicted molar refractivity (Wildman–Crippen MR) is 120 cm³/mol. The normalized spacial score (nSPS) is 12.9. The minimum atomic E-state index is -1.41. The third-order valence-corrected chi connectivity index (χ3v) is 5.59. The van der Waals surface area contributed by atoms with Crippen molar-refractivity contribution in [3.8, 4) is 5.75 Å². The van der Waals surface area contributed by atoms with E-state index in [2.05, 4.69) is 15.3 Å². The first-order valence-electron chi connectivity index (χ1n) is 10.5. The Morgan fingerprint density at radius 2 is 1.77 bits per heavy atom. The number of halogens is 4. The second-order valence-corrected chi connectivity index (χ2v) is 8.05. The molecule has 0 bridgehead atoms. The Kier molecular flexibility index (Phi) is 6.54. The number of phenolic OH excluding ortho intramolecular Hbond substituents is 1. The van der Waals surface area contributed by atoms with Gasteiger partial charge in [-0.25, -0.2) is 17.6 Å². The first-order valence-corrected chi connectivity index (χ1v) is 10.5. The molecule has 4 aromatic rings. The fourth-order valence-corrected chi connectivity index (χ4v) is 3.87. The highest BCUT2D eigenvalue weighted by molar-refractivity contribution is 5.87. The fraction of sp³-hybridized carbons (Fsp3) is 0.160. The van der Waals surface area contributed by atoms with Crippen molar-refractivity contribution >= 4 is 16.8 Å². The number of aromatic amines is 1. The van der Waals surface area contributed by atoms with Crippen LogP contribution in [0.2, 0.25) is 0 Å². The van der Waals surface area contributed by atoms with Crippen LogP contribution in [0.3, 0.4) is 0 Å². The fourth-order valence-electron chi connectivity index (χ4n) is 3.87. The molecule has 0 radical (unpaired) electrons. The summed E-state index contributed by atoms with van der Waals surface area (Å²) in [6.45, 7) is 1.40. The molecule has 0 aliphatic rings. The van der Waals surface area contributed by atoms with Gasteiger partial charge in [0.05, 0.1) is 34.9 Å². The molecule has 4 rings (SSSR count). The van der Waals surface area contributed by atoms with E-state index in [0.717, 1.165) is 18.3 Å². The van der Waals surface area contributed by atoms with Gasteiger partial charge in [0.25, 0.3) is 5.56 Å². The van der Waals surface area contributed by atoms with Crippen molar-refractivity contribution in [2.24, 2.45) is 0 Å². The van der Waals surface area contributed by atoms with E-state index in [1.54, 1.807) is 0 Å². The molecule has 0 aliphatic heterocycles. The number of aromatic nitrogens is 2. The SMILES string of the molecule is C[C@H](NC(=O)[C@H](Cc1ccc(O)cc1)c1c(F)c2cc(F)ccc2[nH]c1=O)c1ncc(F)cc1F. The second-order valence-electron chi connectivity index (χ2n) is 8.05. The van der Waals surface area contributed by atoms with Gasteiger partial charge in [-0.3, -0.25) is 14.6 Å². The summed E-state index contributed by atoms with van der Waals surface area (Å²) in [5.41, 5.74) is -1.14. The van der Waals surface area contributed by atoms with Crippen LogP contribution in [0, 0.1) is 23.3 Å². The lowest BCUT2D eigenvalue weighted by Gasteiger charge is -2.21. The van der Waals surface area contributed by atoms with E-state index in [9.17, 15) is 27.9 Å². The average Bonchev–Trinajstić information content (AvgIpc) is 2.80. The van der Waals surface area contributed by atoms with Crippen LogP contribution in [-0.2, 0) is 11.2 Å². The van der Waals surface area contributed by atoms with Gasteiger partial charge in [0.15, 0.2) is 0 Å². The Bertz CT molecular complexity index is 1470. The molecule has 3 N–H and O–H groups in total. The number of rotatable bonds is 6. The van der Waals surface area contributed by atoms with E-state index < -0.39 is 52.3 Å². The summed E-state index contributed by atoms with van der Waals surface area (Å²) < 4.78 is 56.7. The molecule has 180 valence electrons. The molecule has 6 nitrogen and oxygen atoms in total. The van der Waals surface area contributed by atoms with Gasteiger partial charge in [0, 0.05) is 11.5 Å². The number of nitrogens with zero attached hydrogens (tertiary/aromatic N) is 1. The molecule has 0 saturated heterocycles. The zero-order valence-corrected chi connectivity index (χ0v) is 18.3.